The van der Waals surface area contributed by atoms with Gasteiger partial charge in [-0.25, -0.2) is 0 Å². The normalized spacial score (nSPS) is 12.0. The zero-order valence-electron chi connectivity index (χ0n) is 15.3. The van der Waals surface area contributed by atoms with Gasteiger partial charge in [0.2, 0.25) is 5.91 Å². The van der Waals surface area contributed by atoms with Crippen LogP contribution in [0.2, 0.25) is 0 Å². The summed E-state index contributed by atoms with van der Waals surface area (Å²) in [5.74, 6) is -0.495. The van der Waals surface area contributed by atoms with Crippen molar-refractivity contribution in [1.29, 1.82) is 5.26 Å². The highest BCUT2D eigenvalue weighted by atomic mass is 16.1. The molecule has 1 N–H and O–H groups in total. The summed E-state index contributed by atoms with van der Waals surface area (Å²) in [6.45, 7) is 1.76. The number of nitrogens with one attached hydrogen (secondary N) is 1. The lowest BCUT2D eigenvalue weighted by atomic mass is 9.77. The third-order valence-electron chi connectivity index (χ3n) is 4.66. The first kappa shape index (κ1) is 18.4. The number of nitrogens with zero attached hydrogens (tertiary/aromatic N) is 1. The molecule has 1 amide bonds. The average Bonchev–Trinajstić information content (AvgIpc) is 2.74. The van der Waals surface area contributed by atoms with Crippen LogP contribution in [0.3, 0.4) is 0 Å². The molecule has 3 rings (SSSR count). The summed E-state index contributed by atoms with van der Waals surface area (Å²) in [7, 11) is 0. The molecule has 134 valence electrons. The van der Waals surface area contributed by atoms with Gasteiger partial charge in [0, 0.05) is 6.42 Å². The van der Waals surface area contributed by atoms with Crippen molar-refractivity contribution >= 4 is 5.91 Å². The molecular formula is C24H22N2O. The molecule has 0 bridgehead atoms. The Labute approximate surface area is 160 Å². The van der Waals surface area contributed by atoms with Crippen LogP contribution in [0.15, 0.2) is 91.0 Å². The van der Waals surface area contributed by atoms with Gasteiger partial charge in [0.1, 0.15) is 5.54 Å². The average molecular weight is 354 g/mol. The first-order valence-electron chi connectivity index (χ1n) is 9.04. The summed E-state index contributed by atoms with van der Waals surface area (Å²) in [6, 6.07) is 32.0. The minimum absolute atomic E-state index is 0.152. The first-order chi connectivity index (χ1) is 13.2. The maximum Gasteiger partial charge on any atom is 0.222 e. The molecule has 1 atom stereocenters. The molecule has 0 saturated heterocycles. The number of benzene rings is 3. The van der Waals surface area contributed by atoms with Crippen molar-refractivity contribution in [3.05, 3.63) is 108 Å². The quantitative estimate of drug-likeness (QED) is 0.655. The second-order valence-electron chi connectivity index (χ2n) is 6.63. The van der Waals surface area contributed by atoms with Crippen molar-refractivity contribution in [2.45, 2.75) is 18.9 Å². The molecule has 3 nitrogen and oxygen atoms in total. The second kappa shape index (κ2) is 8.33. The molecule has 0 spiro atoms. The smallest absolute Gasteiger partial charge is 0.222 e. The Bertz CT molecular complexity index is 818. The molecule has 3 heteroatoms. The van der Waals surface area contributed by atoms with E-state index in [1.54, 1.807) is 6.92 Å². The van der Waals surface area contributed by atoms with Crippen LogP contribution >= 0.6 is 0 Å². The number of nitriles is 1. The highest BCUT2D eigenvalue weighted by Crippen LogP contribution is 2.36. The lowest BCUT2D eigenvalue weighted by Crippen LogP contribution is -2.48. The van der Waals surface area contributed by atoms with Gasteiger partial charge in [0.25, 0.3) is 0 Å². The maximum atomic E-state index is 12.9. The zero-order valence-corrected chi connectivity index (χ0v) is 15.3. The van der Waals surface area contributed by atoms with Gasteiger partial charge in [-0.1, -0.05) is 91.0 Å². The number of rotatable bonds is 6. The van der Waals surface area contributed by atoms with Crippen molar-refractivity contribution in [2.24, 2.45) is 5.92 Å². The van der Waals surface area contributed by atoms with Crippen molar-refractivity contribution in [3.8, 4) is 6.07 Å². The SMILES string of the molecule is C[C@H](C#N)CC(=O)NC(c1ccccc1)(c1ccccc1)c1ccccc1. The van der Waals surface area contributed by atoms with E-state index in [4.69, 9.17) is 5.26 Å². The standard InChI is InChI=1S/C24H22N2O/c1-19(18-25)17-23(27)26-24(20-11-5-2-6-12-20,21-13-7-3-8-14-21)22-15-9-4-10-16-22/h2-16,19H,17H2,1H3,(H,26,27)/t19-/m0/s1. The third kappa shape index (κ3) is 3.91. The van der Waals surface area contributed by atoms with Gasteiger partial charge in [-0.2, -0.15) is 5.26 Å². The Morgan fingerprint density at radius 1 is 0.852 bits per heavy atom. The van der Waals surface area contributed by atoms with Gasteiger partial charge >= 0.3 is 0 Å². The molecule has 0 radical (unpaired) electrons. The molecule has 0 heterocycles. The molecular weight excluding hydrogens is 332 g/mol. The Morgan fingerprint density at radius 3 is 1.56 bits per heavy atom. The molecule has 0 aliphatic carbocycles. The van der Waals surface area contributed by atoms with E-state index in [2.05, 4.69) is 11.4 Å². The number of carbonyl (C=O) groups is 1. The van der Waals surface area contributed by atoms with E-state index in [0.29, 0.717) is 0 Å². The van der Waals surface area contributed by atoms with Crippen LogP contribution in [-0.2, 0) is 10.3 Å². The highest BCUT2D eigenvalue weighted by molar-refractivity contribution is 5.79. The molecule has 3 aromatic carbocycles. The van der Waals surface area contributed by atoms with Crippen LogP contribution in [0, 0.1) is 17.2 Å². The summed E-state index contributed by atoms with van der Waals surface area (Å²) in [5.41, 5.74) is 2.09. The summed E-state index contributed by atoms with van der Waals surface area (Å²) in [4.78, 5) is 12.9. The Balaban J connectivity index is 2.20. The number of amides is 1. The van der Waals surface area contributed by atoms with E-state index in [1.807, 2.05) is 91.0 Å². The van der Waals surface area contributed by atoms with Crippen LogP contribution < -0.4 is 5.32 Å². The lowest BCUT2D eigenvalue weighted by molar-refractivity contribution is -0.122. The fraction of sp³-hybridized carbons (Fsp3) is 0.167. The second-order valence-corrected chi connectivity index (χ2v) is 6.63. The predicted octanol–water partition coefficient (Wildman–Crippen LogP) is 4.64. The van der Waals surface area contributed by atoms with E-state index in [1.165, 1.54) is 0 Å². The monoisotopic (exact) mass is 354 g/mol. The summed E-state index contributed by atoms with van der Waals surface area (Å²) in [5, 5.41) is 12.4. The molecule has 27 heavy (non-hydrogen) atoms. The fourth-order valence-electron chi connectivity index (χ4n) is 3.36. The van der Waals surface area contributed by atoms with Crippen molar-refractivity contribution < 1.29 is 4.79 Å². The summed E-state index contributed by atoms with van der Waals surface area (Å²) < 4.78 is 0. The van der Waals surface area contributed by atoms with Crippen molar-refractivity contribution in [3.63, 3.8) is 0 Å². The van der Waals surface area contributed by atoms with Crippen LogP contribution in [-0.4, -0.2) is 5.91 Å². The van der Waals surface area contributed by atoms with E-state index in [0.717, 1.165) is 16.7 Å². The lowest BCUT2D eigenvalue weighted by Gasteiger charge is -2.37. The summed E-state index contributed by atoms with van der Waals surface area (Å²) >= 11 is 0. The van der Waals surface area contributed by atoms with Crippen molar-refractivity contribution in [2.75, 3.05) is 0 Å². The topological polar surface area (TPSA) is 52.9 Å². The van der Waals surface area contributed by atoms with Gasteiger partial charge in [-0.15, -0.1) is 0 Å². The molecule has 0 aromatic heterocycles. The van der Waals surface area contributed by atoms with Gasteiger partial charge in [-0.3, -0.25) is 4.79 Å². The van der Waals surface area contributed by atoms with Gasteiger partial charge in [0.15, 0.2) is 0 Å². The molecule has 0 saturated carbocycles. The van der Waals surface area contributed by atoms with Crippen LogP contribution in [0.25, 0.3) is 0 Å². The van der Waals surface area contributed by atoms with Gasteiger partial charge in [0.05, 0.1) is 12.0 Å². The van der Waals surface area contributed by atoms with Crippen LogP contribution in [0.5, 0.6) is 0 Å². The Morgan fingerprint density at radius 2 is 1.22 bits per heavy atom. The predicted molar refractivity (Wildman–Crippen MR) is 107 cm³/mol. The number of carbonyl (C=O) groups excluding carboxylic acids is 1. The van der Waals surface area contributed by atoms with E-state index < -0.39 is 5.54 Å². The number of hydrogen-bond acceptors (Lipinski definition) is 2. The van der Waals surface area contributed by atoms with Crippen molar-refractivity contribution in [1.82, 2.24) is 5.32 Å². The van der Waals surface area contributed by atoms with Gasteiger partial charge < -0.3 is 5.32 Å². The van der Waals surface area contributed by atoms with Crippen LogP contribution in [0.4, 0.5) is 0 Å². The molecule has 0 aliphatic heterocycles. The Kier molecular flexibility index (Phi) is 5.68. The van der Waals surface area contributed by atoms with E-state index in [9.17, 15) is 4.79 Å². The maximum absolute atomic E-state index is 12.9. The molecule has 0 unspecified atom stereocenters. The molecule has 0 fully saturated rings. The summed E-state index contributed by atoms with van der Waals surface area (Å²) in [6.07, 6.45) is 0.157. The molecule has 0 aliphatic rings. The van der Waals surface area contributed by atoms with E-state index in [-0.39, 0.29) is 18.2 Å². The molecule has 3 aromatic rings. The Hall–Kier alpha value is -3.38. The fourth-order valence-corrected chi connectivity index (χ4v) is 3.36. The number of hydrogen-bond donors (Lipinski definition) is 1. The first-order valence-corrected chi connectivity index (χ1v) is 9.04. The van der Waals surface area contributed by atoms with E-state index >= 15 is 0 Å². The minimum Gasteiger partial charge on any atom is -0.338 e. The van der Waals surface area contributed by atoms with Crippen LogP contribution in [0.1, 0.15) is 30.0 Å². The van der Waals surface area contributed by atoms with Gasteiger partial charge in [-0.05, 0) is 23.6 Å². The largest absolute Gasteiger partial charge is 0.338 e. The minimum atomic E-state index is -0.823. The highest BCUT2D eigenvalue weighted by Gasteiger charge is 2.37. The zero-order chi connectivity index (χ0) is 19.1. The third-order valence-corrected chi connectivity index (χ3v) is 4.66.